The molecule has 6 nitrogen and oxygen atoms in total. The number of nitrogen functional groups attached to an aromatic ring is 1. The molecule has 0 aliphatic heterocycles. The van der Waals surface area contributed by atoms with E-state index in [9.17, 15) is 8.42 Å². The van der Waals surface area contributed by atoms with Crippen LogP contribution in [0.5, 0.6) is 0 Å². The summed E-state index contributed by atoms with van der Waals surface area (Å²) in [6.45, 7) is 4.96. The molecule has 0 radical (unpaired) electrons. The molecule has 0 spiro atoms. The third kappa shape index (κ3) is 4.35. The van der Waals surface area contributed by atoms with Crippen molar-refractivity contribution in [2.75, 3.05) is 11.5 Å². The lowest BCUT2D eigenvalue weighted by Gasteiger charge is -2.10. The fourth-order valence-electron chi connectivity index (χ4n) is 3.51. The molecular formula is C21H28N4O2S. The van der Waals surface area contributed by atoms with E-state index in [1.807, 2.05) is 13.0 Å². The lowest BCUT2D eigenvalue weighted by molar-refractivity contribution is 0.572. The number of unbranched alkanes of at least 4 members (excludes halogenated alkanes) is 2. The number of fused-ring (bicyclic) bond motifs is 1. The summed E-state index contributed by atoms with van der Waals surface area (Å²) in [5, 5.41) is 0. The Morgan fingerprint density at radius 1 is 1.11 bits per heavy atom. The van der Waals surface area contributed by atoms with Crippen molar-refractivity contribution in [1.29, 1.82) is 0 Å². The Balaban J connectivity index is 1.66. The zero-order chi connectivity index (χ0) is 20.1. The summed E-state index contributed by atoms with van der Waals surface area (Å²) in [5.41, 5.74) is 8.91. The van der Waals surface area contributed by atoms with Crippen molar-refractivity contribution in [3.8, 4) is 0 Å². The van der Waals surface area contributed by atoms with E-state index in [2.05, 4.69) is 16.5 Å². The average molecular weight is 401 g/mol. The van der Waals surface area contributed by atoms with Crippen molar-refractivity contribution < 1.29 is 8.42 Å². The standard InChI is InChI=1S/C21H28N4O2S/c1-3-10-18-24-19-20(16(2)15-23-21(19)22)25(18)13-8-5-9-14-28(26,27)17-11-6-4-7-12-17/h4,6-7,11-12,15H,3,5,8-10,13-14H2,1-2H3,(H2,22,23). The molecule has 2 aromatic heterocycles. The summed E-state index contributed by atoms with van der Waals surface area (Å²) in [6, 6.07) is 8.66. The van der Waals surface area contributed by atoms with Crippen LogP contribution in [0.3, 0.4) is 0 Å². The topological polar surface area (TPSA) is 90.9 Å². The molecule has 0 saturated carbocycles. The molecule has 0 fully saturated rings. The van der Waals surface area contributed by atoms with Gasteiger partial charge < -0.3 is 10.3 Å². The van der Waals surface area contributed by atoms with Crippen LogP contribution in [0.25, 0.3) is 11.0 Å². The minimum Gasteiger partial charge on any atom is -0.382 e. The molecule has 0 atom stereocenters. The van der Waals surface area contributed by atoms with E-state index in [1.54, 1.807) is 30.5 Å². The second kappa shape index (κ2) is 8.73. The summed E-state index contributed by atoms with van der Waals surface area (Å²) in [7, 11) is -3.20. The zero-order valence-electron chi connectivity index (χ0n) is 16.6. The number of aromatic nitrogens is 3. The van der Waals surface area contributed by atoms with Gasteiger partial charge in [-0.15, -0.1) is 0 Å². The van der Waals surface area contributed by atoms with Gasteiger partial charge in [-0.25, -0.2) is 18.4 Å². The SMILES string of the molecule is CCCc1nc2c(N)ncc(C)c2n1CCCCCS(=O)(=O)c1ccccc1. The van der Waals surface area contributed by atoms with Gasteiger partial charge >= 0.3 is 0 Å². The Hall–Kier alpha value is -2.41. The maximum Gasteiger partial charge on any atom is 0.178 e. The number of nitrogens with two attached hydrogens (primary N) is 1. The van der Waals surface area contributed by atoms with Gasteiger partial charge in [0.15, 0.2) is 15.7 Å². The molecule has 1 aromatic carbocycles. The normalized spacial score (nSPS) is 11.9. The van der Waals surface area contributed by atoms with Crippen LogP contribution in [0.4, 0.5) is 5.82 Å². The molecule has 3 aromatic rings. The zero-order valence-corrected chi connectivity index (χ0v) is 17.4. The lowest BCUT2D eigenvalue weighted by atomic mass is 10.2. The van der Waals surface area contributed by atoms with Gasteiger partial charge in [0.05, 0.1) is 16.2 Å². The smallest absolute Gasteiger partial charge is 0.178 e. The fraction of sp³-hybridized carbons (Fsp3) is 0.429. The Morgan fingerprint density at radius 3 is 2.57 bits per heavy atom. The summed E-state index contributed by atoms with van der Waals surface area (Å²) >= 11 is 0. The molecule has 0 saturated heterocycles. The van der Waals surface area contributed by atoms with Crippen molar-refractivity contribution in [3.63, 3.8) is 0 Å². The number of hydrogen-bond acceptors (Lipinski definition) is 5. The molecule has 7 heteroatoms. The molecule has 0 bridgehead atoms. The quantitative estimate of drug-likeness (QED) is 0.550. The molecule has 2 heterocycles. The highest BCUT2D eigenvalue weighted by Crippen LogP contribution is 2.25. The second-order valence-corrected chi connectivity index (χ2v) is 9.26. The lowest BCUT2D eigenvalue weighted by Crippen LogP contribution is -2.08. The van der Waals surface area contributed by atoms with Crippen LogP contribution in [0.1, 0.15) is 44.0 Å². The monoisotopic (exact) mass is 400 g/mol. The number of pyridine rings is 1. The fourth-order valence-corrected chi connectivity index (χ4v) is 4.90. The number of benzene rings is 1. The van der Waals surface area contributed by atoms with Crippen molar-refractivity contribution in [1.82, 2.24) is 14.5 Å². The minimum atomic E-state index is -3.20. The highest BCUT2D eigenvalue weighted by Gasteiger charge is 2.16. The highest BCUT2D eigenvalue weighted by atomic mass is 32.2. The number of rotatable bonds is 9. The molecule has 0 aliphatic rings. The first-order chi connectivity index (χ1) is 13.4. The molecule has 2 N–H and O–H groups in total. The summed E-state index contributed by atoms with van der Waals surface area (Å²) < 4.78 is 27.0. The predicted molar refractivity (Wildman–Crippen MR) is 113 cm³/mol. The van der Waals surface area contributed by atoms with Gasteiger partial charge in [0.1, 0.15) is 11.3 Å². The van der Waals surface area contributed by atoms with E-state index in [0.29, 0.717) is 17.1 Å². The first kappa shape index (κ1) is 20.3. The van der Waals surface area contributed by atoms with E-state index in [0.717, 1.165) is 54.6 Å². The number of imidazole rings is 1. The van der Waals surface area contributed by atoms with Crippen LogP contribution >= 0.6 is 0 Å². The first-order valence-corrected chi connectivity index (χ1v) is 11.5. The van der Waals surface area contributed by atoms with Crippen LogP contribution in [-0.4, -0.2) is 28.7 Å². The Labute approximate surface area is 166 Å². The Kier molecular flexibility index (Phi) is 6.34. The summed E-state index contributed by atoms with van der Waals surface area (Å²) in [5.74, 6) is 1.67. The molecule has 0 amide bonds. The minimum absolute atomic E-state index is 0.180. The van der Waals surface area contributed by atoms with Crippen molar-refractivity contribution >= 4 is 26.7 Å². The average Bonchev–Trinajstić information content (AvgIpc) is 3.05. The number of anilines is 1. The number of aryl methyl sites for hydroxylation is 3. The highest BCUT2D eigenvalue weighted by molar-refractivity contribution is 7.91. The van der Waals surface area contributed by atoms with E-state index in [1.165, 1.54) is 0 Å². The molecule has 3 rings (SSSR count). The molecular weight excluding hydrogens is 372 g/mol. The molecule has 150 valence electrons. The number of sulfone groups is 1. The summed E-state index contributed by atoms with van der Waals surface area (Å²) in [4.78, 5) is 9.34. The third-order valence-electron chi connectivity index (χ3n) is 4.93. The van der Waals surface area contributed by atoms with E-state index >= 15 is 0 Å². The maximum atomic E-state index is 12.4. The maximum absolute atomic E-state index is 12.4. The van der Waals surface area contributed by atoms with Crippen LogP contribution in [0.15, 0.2) is 41.4 Å². The van der Waals surface area contributed by atoms with Crippen LogP contribution in [0, 0.1) is 6.92 Å². The van der Waals surface area contributed by atoms with Crippen LogP contribution in [0.2, 0.25) is 0 Å². The van der Waals surface area contributed by atoms with Crippen molar-refractivity contribution in [3.05, 3.63) is 47.9 Å². The van der Waals surface area contributed by atoms with Crippen LogP contribution in [-0.2, 0) is 22.8 Å². The van der Waals surface area contributed by atoms with Gasteiger partial charge in [-0.2, -0.15) is 0 Å². The van der Waals surface area contributed by atoms with Gasteiger partial charge in [-0.3, -0.25) is 0 Å². The van der Waals surface area contributed by atoms with Gasteiger partial charge in [-0.1, -0.05) is 31.5 Å². The van der Waals surface area contributed by atoms with E-state index in [4.69, 9.17) is 10.7 Å². The molecule has 0 unspecified atom stereocenters. The van der Waals surface area contributed by atoms with Gasteiger partial charge in [-0.05, 0) is 43.9 Å². The van der Waals surface area contributed by atoms with Gasteiger partial charge in [0, 0.05) is 19.2 Å². The van der Waals surface area contributed by atoms with Crippen molar-refractivity contribution in [2.45, 2.75) is 57.4 Å². The number of hydrogen-bond donors (Lipinski definition) is 1. The number of nitrogens with zero attached hydrogens (tertiary/aromatic N) is 3. The first-order valence-electron chi connectivity index (χ1n) is 9.82. The van der Waals surface area contributed by atoms with Gasteiger partial charge in [0.25, 0.3) is 0 Å². The Morgan fingerprint density at radius 2 is 1.86 bits per heavy atom. The van der Waals surface area contributed by atoms with Crippen molar-refractivity contribution in [2.24, 2.45) is 0 Å². The Bertz CT molecular complexity index is 1040. The predicted octanol–water partition coefficient (Wildman–Crippen LogP) is 3.92. The van der Waals surface area contributed by atoms with E-state index < -0.39 is 9.84 Å². The second-order valence-electron chi connectivity index (χ2n) is 7.15. The third-order valence-corrected chi connectivity index (χ3v) is 6.75. The van der Waals surface area contributed by atoms with Crippen LogP contribution < -0.4 is 5.73 Å². The molecule has 28 heavy (non-hydrogen) atoms. The largest absolute Gasteiger partial charge is 0.382 e. The van der Waals surface area contributed by atoms with E-state index in [-0.39, 0.29) is 5.75 Å². The molecule has 0 aliphatic carbocycles. The van der Waals surface area contributed by atoms with Gasteiger partial charge in [0.2, 0.25) is 0 Å². The summed E-state index contributed by atoms with van der Waals surface area (Å²) in [6.07, 6.45) is 6.07.